The normalized spacial score (nSPS) is 15.8. The van der Waals surface area contributed by atoms with Crippen molar-refractivity contribution in [2.75, 3.05) is 31.8 Å². The first-order valence-electron chi connectivity index (χ1n) is 14.4. The monoisotopic (exact) mass is 659 g/mol. The van der Waals surface area contributed by atoms with Crippen LogP contribution < -0.4 is 20.5 Å². The highest BCUT2D eigenvalue weighted by atomic mass is 19.4. The smallest absolute Gasteiger partial charge is 0.411 e. The molecule has 0 radical (unpaired) electrons. The fourth-order valence-electron chi connectivity index (χ4n) is 5.74. The fraction of sp³-hybridized carbons (Fsp3) is 0.303. The summed E-state index contributed by atoms with van der Waals surface area (Å²) in [6, 6.07) is 9.23. The van der Waals surface area contributed by atoms with Crippen molar-refractivity contribution < 1.29 is 46.1 Å². The minimum absolute atomic E-state index is 0.108. The lowest BCUT2D eigenvalue weighted by Gasteiger charge is -2.38. The van der Waals surface area contributed by atoms with Gasteiger partial charge in [0.15, 0.2) is 0 Å². The Morgan fingerprint density at radius 1 is 1.09 bits per heavy atom. The Morgan fingerprint density at radius 3 is 2.36 bits per heavy atom. The van der Waals surface area contributed by atoms with E-state index in [4.69, 9.17) is 9.47 Å². The zero-order chi connectivity index (χ0) is 34.2. The Bertz CT molecular complexity index is 1900. The number of carboxylic acid groups (broad SMARTS) is 1. The zero-order valence-electron chi connectivity index (χ0n) is 25.5. The maximum Gasteiger partial charge on any atom is 0.411 e. The first-order chi connectivity index (χ1) is 22.2. The number of carbonyl (C=O) groups is 2. The molecule has 0 spiro atoms. The molecule has 0 saturated carbocycles. The number of aliphatic carboxylic acids is 1. The molecule has 1 aliphatic heterocycles. The maximum absolute atomic E-state index is 15.2. The van der Waals surface area contributed by atoms with Gasteiger partial charge in [0.2, 0.25) is 0 Å². The third-order valence-electron chi connectivity index (χ3n) is 8.26. The van der Waals surface area contributed by atoms with Crippen LogP contribution in [0.25, 0.3) is 21.9 Å². The molecule has 9 nitrogen and oxygen atoms in total. The predicted molar refractivity (Wildman–Crippen MR) is 163 cm³/mol. The van der Waals surface area contributed by atoms with E-state index in [-0.39, 0.29) is 25.1 Å². The number of nitrogens with one attached hydrogen (secondary N) is 1. The second kappa shape index (κ2) is 13.0. The quantitative estimate of drug-likeness (QED) is 0.257. The van der Waals surface area contributed by atoms with Gasteiger partial charge in [-0.3, -0.25) is 9.59 Å². The number of alkyl halides is 3. The lowest BCUT2D eigenvalue weighted by atomic mass is 9.92. The number of ether oxygens (including phenoxy) is 2. The molecule has 5 rings (SSSR count). The molecule has 14 heteroatoms. The summed E-state index contributed by atoms with van der Waals surface area (Å²) < 4.78 is 82.7. The summed E-state index contributed by atoms with van der Waals surface area (Å²) in [6.45, 7) is 0.617. The van der Waals surface area contributed by atoms with Crippen molar-refractivity contribution in [1.82, 2.24) is 9.88 Å². The molecule has 1 amide bonds. The molecule has 2 heterocycles. The van der Waals surface area contributed by atoms with Crippen LogP contribution >= 0.6 is 0 Å². The average Bonchev–Trinajstić information content (AvgIpc) is 3.02. The molecule has 2 atom stereocenters. The van der Waals surface area contributed by atoms with E-state index in [1.807, 2.05) is 0 Å². The number of fused-ring (bicyclic) bond motifs is 1. The van der Waals surface area contributed by atoms with E-state index in [1.165, 1.54) is 11.7 Å². The summed E-state index contributed by atoms with van der Waals surface area (Å²) in [7, 11) is 3.06. The van der Waals surface area contributed by atoms with Crippen LogP contribution in [0.2, 0.25) is 0 Å². The highest BCUT2D eigenvalue weighted by molar-refractivity contribution is 6.00. The number of morpholine rings is 1. The number of benzene rings is 3. The molecule has 1 aliphatic rings. The summed E-state index contributed by atoms with van der Waals surface area (Å²) in [5.74, 6) is -5.48. The standard InChI is InChI=1S/C33H30F5N3O6/c1-17-12-26(46-3)28(31(43)40(17)2)22-9-8-18(20-6-4-5-7-21(20)22)13-25(32(44)45)39-30(42)29-23(34)14-19(15-24(29)35)41-10-11-47-16-27(41)33(36,37)38/h4-9,12,14-15,25,27H,10-11,13,16H2,1-3H3,(H,39,42)(H,44,45). The summed E-state index contributed by atoms with van der Waals surface area (Å²) in [6.07, 6.45) is -5.06. The summed E-state index contributed by atoms with van der Waals surface area (Å²) in [5.41, 5.74) is 0.0396. The molecule has 47 heavy (non-hydrogen) atoms. The third-order valence-corrected chi connectivity index (χ3v) is 8.26. The van der Waals surface area contributed by atoms with Gasteiger partial charge in [0.25, 0.3) is 11.5 Å². The summed E-state index contributed by atoms with van der Waals surface area (Å²) in [4.78, 5) is 39.3. The van der Waals surface area contributed by atoms with E-state index in [0.29, 0.717) is 51.0 Å². The number of methoxy groups -OCH3 is 1. The van der Waals surface area contributed by atoms with Crippen LogP contribution in [0.15, 0.2) is 59.4 Å². The molecular formula is C33H30F5N3O6. The minimum atomic E-state index is -4.75. The molecule has 0 aliphatic carbocycles. The number of rotatable bonds is 8. The second-order valence-electron chi connectivity index (χ2n) is 11.1. The Hall–Kier alpha value is -4.98. The number of hydrogen-bond donors (Lipinski definition) is 2. The maximum atomic E-state index is 15.2. The van der Waals surface area contributed by atoms with Gasteiger partial charge in [0.1, 0.15) is 35.0 Å². The van der Waals surface area contributed by atoms with Gasteiger partial charge < -0.3 is 29.4 Å². The first-order valence-corrected chi connectivity index (χ1v) is 14.4. The highest BCUT2D eigenvalue weighted by Crippen LogP contribution is 2.36. The molecule has 4 aromatic rings. The summed E-state index contributed by atoms with van der Waals surface area (Å²) in [5, 5.41) is 13.3. The molecule has 1 saturated heterocycles. The molecule has 2 N–H and O–H groups in total. The van der Waals surface area contributed by atoms with Crippen molar-refractivity contribution in [2.45, 2.75) is 31.6 Å². The number of aromatic nitrogens is 1. The lowest BCUT2D eigenvalue weighted by molar-refractivity contribution is -0.167. The zero-order valence-corrected chi connectivity index (χ0v) is 25.5. The topological polar surface area (TPSA) is 110 Å². The molecule has 3 aromatic carbocycles. The van der Waals surface area contributed by atoms with Crippen LogP contribution in [0.1, 0.15) is 21.6 Å². The van der Waals surface area contributed by atoms with Crippen molar-refractivity contribution in [3.63, 3.8) is 0 Å². The number of aryl methyl sites for hydroxylation is 1. The molecule has 1 aromatic heterocycles. The number of hydrogen-bond acceptors (Lipinski definition) is 6. The van der Waals surface area contributed by atoms with E-state index in [0.717, 1.165) is 4.90 Å². The van der Waals surface area contributed by atoms with Gasteiger partial charge in [-0.2, -0.15) is 13.2 Å². The number of halogens is 5. The van der Waals surface area contributed by atoms with Gasteiger partial charge in [0, 0.05) is 37.5 Å². The van der Waals surface area contributed by atoms with Gasteiger partial charge in [-0.05, 0) is 41.0 Å². The number of amides is 1. The SMILES string of the molecule is COc1cc(C)n(C)c(=O)c1-c1ccc(CC(NC(=O)c2c(F)cc(N3CCOCC3C(F)(F)F)cc2F)C(=O)O)c2ccccc12. The lowest BCUT2D eigenvalue weighted by Crippen LogP contribution is -2.53. The molecular weight excluding hydrogens is 629 g/mol. The van der Waals surface area contributed by atoms with Crippen molar-refractivity contribution in [2.24, 2.45) is 7.05 Å². The van der Waals surface area contributed by atoms with E-state index < -0.39 is 59.6 Å². The van der Waals surface area contributed by atoms with Crippen LogP contribution in [-0.2, 0) is 23.0 Å². The van der Waals surface area contributed by atoms with E-state index in [1.54, 1.807) is 56.4 Å². The van der Waals surface area contributed by atoms with Crippen molar-refractivity contribution >= 4 is 28.3 Å². The van der Waals surface area contributed by atoms with Crippen LogP contribution in [0.4, 0.5) is 27.6 Å². The van der Waals surface area contributed by atoms with E-state index >= 15 is 8.78 Å². The van der Waals surface area contributed by atoms with Crippen LogP contribution in [0.3, 0.4) is 0 Å². The number of pyridine rings is 1. The predicted octanol–water partition coefficient (Wildman–Crippen LogP) is 4.99. The van der Waals surface area contributed by atoms with Gasteiger partial charge in [-0.25, -0.2) is 13.6 Å². The number of carbonyl (C=O) groups excluding carboxylic acids is 1. The molecule has 1 fully saturated rings. The second-order valence-corrected chi connectivity index (χ2v) is 11.1. The Morgan fingerprint density at radius 2 is 1.74 bits per heavy atom. The van der Waals surface area contributed by atoms with Gasteiger partial charge in [-0.15, -0.1) is 0 Å². The number of anilines is 1. The Labute approximate surface area is 265 Å². The number of nitrogens with zero attached hydrogens (tertiary/aromatic N) is 2. The van der Waals surface area contributed by atoms with Crippen molar-refractivity contribution in [1.29, 1.82) is 0 Å². The average molecular weight is 660 g/mol. The van der Waals surface area contributed by atoms with Crippen molar-refractivity contribution in [3.8, 4) is 16.9 Å². The first kappa shape index (κ1) is 33.4. The summed E-state index contributed by atoms with van der Waals surface area (Å²) >= 11 is 0. The van der Waals surface area contributed by atoms with Gasteiger partial charge in [-0.1, -0.05) is 36.4 Å². The largest absolute Gasteiger partial charge is 0.496 e. The van der Waals surface area contributed by atoms with E-state index in [2.05, 4.69) is 5.32 Å². The van der Waals surface area contributed by atoms with Crippen LogP contribution in [0, 0.1) is 18.6 Å². The van der Waals surface area contributed by atoms with Crippen LogP contribution in [-0.4, -0.2) is 66.7 Å². The highest BCUT2D eigenvalue weighted by Gasteiger charge is 2.46. The van der Waals surface area contributed by atoms with E-state index in [9.17, 15) is 32.7 Å². The van der Waals surface area contributed by atoms with Gasteiger partial charge >= 0.3 is 12.1 Å². The van der Waals surface area contributed by atoms with Gasteiger partial charge in [0.05, 0.1) is 25.9 Å². The minimum Gasteiger partial charge on any atom is -0.496 e. The van der Waals surface area contributed by atoms with Crippen molar-refractivity contribution in [3.05, 3.63) is 93.4 Å². The molecule has 2 unspecified atom stereocenters. The fourth-order valence-corrected chi connectivity index (χ4v) is 5.74. The Kier molecular flexibility index (Phi) is 9.25. The third kappa shape index (κ3) is 6.50. The molecule has 0 bridgehead atoms. The number of carboxylic acids is 1. The molecule has 248 valence electrons. The van der Waals surface area contributed by atoms with Crippen LogP contribution in [0.5, 0.6) is 5.75 Å². The Balaban J connectivity index is 1.46.